The van der Waals surface area contributed by atoms with Crippen LogP contribution in [0.15, 0.2) is 18.2 Å². The summed E-state index contributed by atoms with van der Waals surface area (Å²) >= 11 is 6.22. The normalized spacial score (nSPS) is 12.5. The number of aryl methyl sites for hydroxylation is 2. The molecule has 0 amide bonds. The molecular formula is C14H18ClFN4O. The second-order valence-corrected chi connectivity index (χ2v) is 5.15. The lowest BCUT2D eigenvalue weighted by Crippen LogP contribution is -2.29. The third-order valence-corrected chi connectivity index (χ3v) is 3.93. The van der Waals surface area contributed by atoms with Gasteiger partial charge < -0.3 is 4.74 Å². The number of hydrogen-bond acceptors (Lipinski definition) is 4. The molecule has 1 heterocycles. The van der Waals surface area contributed by atoms with Gasteiger partial charge in [0.1, 0.15) is 5.15 Å². The summed E-state index contributed by atoms with van der Waals surface area (Å²) in [5.74, 6) is 5.38. The second-order valence-electron chi connectivity index (χ2n) is 4.80. The fraction of sp³-hybridized carbons (Fsp3) is 0.357. The number of aromatic nitrogens is 2. The average Bonchev–Trinajstić information content (AvgIpc) is 2.70. The monoisotopic (exact) mass is 312 g/mol. The van der Waals surface area contributed by atoms with Gasteiger partial charge in [-0.25, -0.2) is 4.39 Å². The highest BCUT2D eigenvalue weighted by Crippen LogP contribution is 2.27. The van der Waals surface area contributed by atoms with E-state index in [1.54, 1.807) is 23.9 Å². The van der Waals surface area contributed by atoms with Crippen molar-refractivity contribution in [3.63, 3.8) is 0 Å². The lowest BCUT2D eigenvalue weighted by Gasteiger charge is -2.17. The van der Waals surface area contributed by atoms with Crippen LogP contribution in [0, 0.1) is 12.7 Å². The van der Waals surface area contributed by atoms with Crippen molar-refractivity contribution in [2.24, 2.45) is 12.9 Å². The molecule has 0 saturated heterocycles. The standard InChI is InChI=1S/C14H18ClFN4O/c1-8-10(14(15)20(2)19-8)7-12(18-17)9-4-5-13(21-3)11(16)6-9/h4-6,12,18H,7,17H2,1-3H3. The zero-order valence-electron chi connectivity index (χ0n) is 12.2. The van der Waals surface area contributed by atoms with E-state index >= 15 is 0 Å². The largest absolute Gasteiger partial charge is 0.494 e. The van der Waals surface area contributed by atoms with Gasteiger partial charge in [-0.3, -0.25) is 16.0 Å². The van der Waals surface area contributed by atoms with Crippen LogP contribution in [0.1, 0.15) is 22.9 Å². The van der Waals surface area contributed by atoms with Gasteiger partial charge in [0.15, 0.2) is 11.6 Å². The molecular weight excluding hydrogens is 295 g/mol. The summed E-state index contributed by atoms with van der Waals surface area (Å²) in [6.07, 6.45) is 0.515. The van der Waals surface area contributed by atoms with Crippen LogP contribution in [0.25, 0.3) is 0 Å². The van der Waals surface area contributed by atoms with Crippen molar-refractivity contribution in [1.82, 2.24) is 15.2 Å². The van der Waals surface area contributed by atoms with E-state index in [1.165, 1.54) is 13.2 Å². The van der Waals surface area contributed by atoms with Gasteiger partial charge in [0.2, 0.25) is 0 Å². The molecule has 3 N–H and O–H groups in total. The van der Waals surface area contributed by atoms with E-state index in [0.29, 0.717) is 11.6 Å². The van der Waals surface area contributed by atoms with Crippen molar-refractivity contribution in [3.8, 4) is 5.75 Å². The van der Waals surface area contributed by atoms with E-state index in [0.717, 1.165) is 16.8 Å². The predicted molar refractivity (Wildman–Crippen MR) is 79.7 cm³/mol. The van der Waals surface area contributed by atoms with Gasteiger partial charge >= 0.3 is 0 Å². The first kappa shape index (κ1) is 15.8. The van der Waals surface area contributed by atoms with E-state index in [2.05, 4.69) is 10.5 Å². The molecule has 1 aromatic heterocycles. The summed E-state index contributed by atoms with van der Waals surface area (Å²) in [4.78, 5) is 0. The Morgan fingerprint density at radius 1 is 1.52 bits per heavy atom. The molecule has 0 saturated carbocycles. The van der Waals surface area contributed by atoms with Gasteiger partial charge in [-0.05, 0) is 31.0 Å². The van der Waals surface area contributed by atoms with Crippen LogP contribution in [-0.4, -0.2) is 16.9 Å². The zero-order valence-corrected chi connectivity index (χ0v) is 12.9. The third kappa shape index (κ3) is 3.18. The highest BCUT2D eigenvalue weighted by atomic mass is 35.5. The zero-order chi connectivity index (χ0) is 15.6. The number of hydrogen-bond donors (Lipinski definition) is 2. The van der Waals surface area contributed by atoms with E-state index in [9.17, 15) is 4.39 Å². The quantitative estimate of drug-likeness (QED) is 0.656. The van der Waals surface area contributed by atoms with Crippen molar-refractivity contribution >= 4 is 11.6 Å². The van der Waals surface area contributed by atoms with Crippen LogP contribution in [-0.2, 0) is 13.5 Å². The molecule has 0 fully saturated rings. The Hall–Kier alpha value is -1.63. The Balaban J connectivity index is 2.30. The molecule has 0 aliphatic rings. The number of nitrogens with one attached hydrogen (secondary N) is 1. The average molecular weight is 313 g/mol. The van der Waals surface area contributed by atoms with Gasteiger partial charge in [0.05, 0.1) is 18.8 Å². The Morgan fingerprint density at radius 3 is 2.71 bits per heavy atom. The number of ether oxygens (including phenoxy) is 1. The Kier molecular flexibility index (Phi) is 4.82. The number of nitrogens with two attached hydrogens (primary N) is 1. The maximum atomic E-state index is 13.8. The maximum Gasteiger partial charge on any atom is 0.165 e. The van der Waals surface area contributed by atoms with Crippen LogP contribution in [0.5, 0.6) is 5.75 Å². The molecule has 7 heteroatoms. The van der Waals surface area contributed by atoms with Gasteiger partial charge in [0.25, 0.3) is 0 Å². The van der Waals surface area contributed by atoms with Crippen LogP contribution < -0.4 is 16.0 Å². The van der Waals surface area contributed by atoms with E-state index in [-0.39, 0.29) is 11.8 Å². The maximum absolute atomic E-state index is 13.8. The minimum atomic E-state index is -0.427. The molecule has 1 unspecified atom stereocenters. The summed E-state index contributed by atoms with van der Waals surface area (Å²) in [5, 5.41) is 4.82. The Labute approximate surface area is 127 Å². The molecule has 1 atom stereocenters. The van der Waals surface area contributed by atoms with E-state index in [4.69, 9.17) is 22.2 Å². The number of benzene rings is 1. The van der Waals surface area contributed by atoms with Crippen LogP contribution >= 0.6 is 11.6 Å². The van der Waals surface area contributed by atoms with Crippen molar-refractivity contribution in [1.29, 1.82) is 0 Å². The minimum absolute atomic E-state index is 0.199. The topological polar surface area (TPSA) is 65.1 Å². The van der Waals surface area contributed by atoms with Crippen molar-refractivity contribution in [2.75, 3.05) is 7.11 Å². The lowest BCUT2D eigenvalue weighted by molar-refractivity contribution is 0.385. The smallest absolute Gasteiger partial charge is 0.165 e. The van der Waals surface area contributed by atoms with E-state index in [1.807, 2.05) is 6.92 Å². The molecule has 2 aromatic rings. The van der Waals surface area contributed by atoms with Crippen LogP contribution in [0.3, 0.4) is 0 Å². The van der Waals surface area contributed by atoms with Gasteiger partial charge in [0, 0.05) is 12.6 Å². The number of nitrogens with zero attached hydrogens (tertiary/aromatic N) is 2. The minimum Gasteiger partial charge on any atom is -0.494 e. The molecule has 5 nitrogen and oxygen atoms in total. The van der Waals surface area contributed by atoms with Crippen LogP contribution in [0.2, 0.25) is 5.15 Å². The molecule has 0 spiro atoms. The highest BCUT2D eigenvalue weighted by molar-refractivity contribution is 6.30. The molecule has 0 bridgehead atoms. The van der Waals surface area contributed by atoms with Crippen molar-refractivity contribution in [2.45, 2.75) is 19.4 Å². The summed E-state index contributed by atoms with van der Waals surface area (Å²) < 4.78 is 20.3. The number of methoxy groups -OCH3 is 1. The summed E-state index contributed by atoms with van der Waals surface area (Å²) in [6, 6.07) is 4.48. The SMILES string of the molecule is COc1ccc(C(Cc2c(C)nn(C)c2Cl)NN)cc1F. The number of hydrazine groups is 1. The van der Waals surface area contributed by atoms with Crippen molar-refractivity contribution < 1.29 is 9.13 Å². The third-order valence-electron chi connectivity index (χ3n) is 3.46. The molecule has 2 rings (SSSR count). The van der Waals surface area contributed by atoms with Gasteiger partial charge in [-0.1, -0.05) is 17.7 Å². The first-order valence-electron chi connectivity index (χ1n) is 6.45. The summed E-state index contributed by atoms with van der Waals surface area (Å²) in [7, 11) is 3.20. The predicted octanol–water partition coefficient (Wildman–Crippen LogP) is 2.28. The first-order chi connectivity index (χ1) is 9.97. The molecule has 1 aromatic carbocycles. The number of rotatable bonds is 5. The molecule has 0 radical (unpaired) electrons. The molecule has 114 valence electrons. The fourth-order valence-corrected chi connectivity index (χ4v) is 2.53. The lowest BCUT2D eigenvalue weighted by atomic mass is 9.99. The Bertz CT molecular complexity index is 644. The summed E-state index contributed by atoms with van der Waals surface area (Å²) in [5.41, 5.74) is 5.13. The molecule has 21 heavy (non-hydrogen) atoms. The summed E-state index contributed by atoms with van der Waals surface area (Å²) in [6.45, 7) is 1.88. The fourth-order valence-electron chi connectivity index (χ4n) is 2.28. The Morgan fingerprint density at radius 2 is 2.24 bits per heavy atom. The van der Waals surface area contributed by atoms with Crippen LogP contribution in [0.4, 0.5) is 4.39 Å². The molecule has 0 aliphatic heterocycles. The highest BCUT2D eigenvalue weighted by Gasteiger charge is 2.19. The second kappa shape index (κ2) is 6.43. The number of halogens is 2. The van der Waals surface area contributed by atoms with Crippen molar-refractivity contribution in [3.05, 3.63) is 46.0 Å². The van der Waals surface area contributed by atoms with Gasteiger partial charge in [-0.2, -0.15) is 5.10 Å². The first-order valence-corrected chi connectivity index (χ1v) is 6.83. The molecule has 0 aliphatic carbocycles. The van der Waals surface area contributed by atoms with Gasteiger partial charge in [-0.15, -0.1) is 0 Å². The van der Waals surface area contributed by atoms with E-state index < -0.39 is 5.82 Å².